The molecule has 0 aliphatic heterocycles. The van der Waals surface area contributed by atoms with Crippen LogP contribution >= 0.6 is 0 Å². The van der Waals surface area contributed by atoms with Gasteiger partial charge in [0.1, 0.15) is 17.3 Å². The van der Waals surface area contributed by atoms with Crippen LogP contribution in [-0.4, -0.2) is 13.3 Å². The van der Waals surface area contributed by atoms with Gasteiger partial charge >= 0.3 is 6.18 Å². The van der Waals surface area contributed by atoms with Gasteiger partial charge in [0, 0.05) is 16.7 Å². The lowest BCUT2D eigenvalue weighted by molar-refractivity contribution is -0.0686. The number of methoxy groups -OCH3 is 1. The van der Waals surface area contributed by atoms with Crippen LogP contribution in [0.5, 0.6) is 5.75 Å². The van der Waals surface area contributed by atoms with Gasteiger partial charge in [-0.1, -0.05) is 36.9 Å². The van der Waals surface area contributed by atoms with Gasteiger partial charge in [-0.3, -0.25) is 0 Å². The quantitative estimate of drug-likeness (QED) is 0.562. The zero-order valence-corrected chi connectivity index (χ0v) is 13.4. The van der Waals surface area contributed by atoms with E-state index >= 15 is 0 Å². The molecule has 0 saturated carbocycles. The fourth-order valence-corrected chi connectivity index (χ4v) is 2.47. The fourth-order valence-electron chi connectivity index (χ4n) is 2.47. The molecule has 3 aromatic rings. The number of hydrogen-bond donors (Lipinski definition) is 0. The van der Waals surface area contributed by atoms with Crippen LogP contribution in [0.2, 0.25) is 0 Å². The molecule has 0 fully saturated rings. The van der Waals surface area contributed by atoms with Gasteiger partial charge in [-0.15, -0.1) is 0 Å². The van der Waals surface area contributed by atoms with Crippen molar-refractivity contribution in [1.82, 2.24) is 0 Å². The Balaban J connectivity index is 2.12. The van der Waals surface area contributed by atoms with E-state index in [1.54, 1.807) is 61.7 Å². The first-order valence-electron chi connectivity index (χ1n) is 7.50. The molecule has 0 bridgehead atoms. The highest BCUT2D eigenvalue weighted by molar-refractivity contribution is 5.82. The highest BCUT2D eigenvalue weighted by atomic mass is 19.4. The van der Waals surface area contributed by atoms with Crippen LogP contribution in [0.15, 0.2) is 71.7 Å². The first kappa shape index (κ1) is 16.9. The highest BCUT2D eigenvalue weighted by Gasteiger charge is 2.36. The average Bonchev–Trinajstić information content (AvgIpc) is 3.06. The summed E-state index contributed by atoms with van der Waals surface area (Å²) in [6.07, 6.45) is -4.54. The molecule has 0 saturated heterocycles. The van der Waals surface area contributed by atoms with E-state index < -0.39 is 11.7 Å². The van der Waals surface area contributed by atoms with Gasteiger partial charge in [-0.05, 0) is 30.3 Å². The van der Waals surface area contributed by atoms with Crippen molar-refractivity contribution in [2.45, 2.75) is 6.18 Å². The van der Waals surface area contributed by atoms with E-state index in [4.69, 9.17) is 9.15 Å². The summed E-state index contributed by atoms with van der Waals surface area (Å²) >= 11 is 0. The van der Waals surface area contributed by atoms with E-state index in [9.17, 15) is 13.2 Å². The summed E-state index contributed by atoms with van der Waals surface area (Å²) < 4.78 is 50.4. The van der Waals surface area contributed by atoms with Gasteiger partial charge in [0.2, 0.25) is 0 Å². The van der Waals surface area contributed by atoms with Crippen molar-refractivity contribution in [3.8, 4) is 28.4 Å². The summed E-state index contributed by atoms with van der Waals surface area (Å²) in [5, 5.41) is 0. The van der Waals surface area contributed by atoms with Crippen LogP contribution in [0, 0.1) is 0 Å². The molecule has 5 heteroatoms. The Morgan fingerprint density at radius 2 is 1.60 bits per heavy atom. The van der Waals surface area contributed by atoms with Crippen molar-refractivity contribution in [2.75, 3.05) is 7.11 Å². The minimum Gasteiger partial charge on any atom is -0.497 e. The Bertz CT molecular complexity index is 876. The van der Waals surface area contributed by atoms with E-state index in [0.717, 1.165) is 0 Å². The molecule has 0 N–H and O–H groups in total. The molecular formula is C20H15F3O2. The first-order chi connectivity index (χ1) is 11.9. The van der Waals surface area contributed by atoms with Crippen LogP contribution in [-0.2, 0) is 0 Å². The molecule has 2 nitrogen and oxygen atoms in total. The van der Waals surface area contributed by atoms with Crippen molar-refractivity contribution in [2.24, 2.45) is 0 Å². The maximum atomic E-state index is 13.2. The maximum Gasteiger partial charge on any atom is 0.416 e. The summed E-state index contributed by atoms with van der Waals surface area (Å²) in [7, 11) is 1.54. The number of benzene rings is 2. The van der Waals surface area contributed by atoms with Crippen molar-refractivity contribution < 1.29 is 22.3 Å². The Labute approximate surface area is 143 Å². The molecule has 1 aromatic heterocycles. The predicted octanol–water partition coefficient (Wildman–Crippen LogP) is 6.20. The Morgan fingerprint density at radius 1 is 0.960 bits per heavy atom. The predicted molar refractivity (Wildman–Crippen MR) is 91.2 cm³/mol. The van der Waals surface area contributed by atoms with Crippen molar-refractivity contribution >= 4 is 5.57 Å². The monoisotopic (exact) mass is 344 g/mol. The summed E-state index contributed by atoms with van der Waals surface area (Å²) in [6.45, 7) is 3.21. The molecule has 128 valence electrons. The smallest absolute Gasteiger partial charge is 0.416 e. The van der Waals surface area contributed by atoms with E-state index in [-0.39, 0.29) is 11.3 Å². The second kappa shape index (κ2) is 6.51. The van der Waals surface area contributed by atoms with Crippen molar-refractivity contribution in [3.63, 3.8) is 0 Å². The lowest BCUT2D eigenvalue weighted by Crippen LogP contribution is -2.09. The van der Waals surface area contributed by atoms with Crippen LogP contribution < -0.4 is 4.74 Å². The standard InChI is InChI=1S/C20H15F3O2/c1-13(20(21,22)23)17-12-18(14-8-10-16(24-2)11-9-14)25-19(17)15-6-4-3-5-7-15/h3-12H,1H2,2H3. The summed E-state index contributed by atoms with van der Waals surface area (Å²) in [5.41, 5.74) is 0.209. The molecule has 0 amide bonds. The third-order valence-corrected chi connectivity index (χ3v) is 3.81. The third-order valence-electron chi connectivity index (χ3n) is 3.81. The fraction of sp³-hybridized carbons (Fsp3) is 0.100. The summed E-state index contributed by atoms with van der Waals surface area (Å²) in [6, 6.07) is 16.9. The van der Waals surface area contributed by atoms with Gasteiger partial charge in [-0.25, -0.2) is 0 Å². The molecule has 1 heterocycles. The van der Waals surface area contributed by atoms with Gasteiger partial charge in [-0.2, -0.15) is 13.2 Å². The largest absolute Gasteiger partial charge is 0.497 e. The molecule has 0 spiro atoms. The molecule has 0 atom stereocenters. The van der Waals surface area contributed by atoms with Crippen molar-refractivity contribution in [3.05, 3.63) is 72.8 Å². The normalized spacial score (nSPS) is 11.4. The number of furan rings is 1. The Hall–Kier alpha value is -2.95. The minimum atomic E-state index is -4.54. The molecular weight excluding hydrogens is 329 g/mol. The highest BCUT2D eigenvalue weighted by Crippen LogP contribution is 2.41. The zero-order chi connectivity index (χ0) is 18.0. The topological polar surface area (TPSA) is 22.4 Å². The zero-order valence-electron chi connectivity index (χ0n) is 13.4. The molecule has 3 rings (SSSR count). The average molecular weight is 344 g/mol. The summed E-state index contributed by atoms with van der Waals surface area (Å²) in [5.74, 6) is 1.13. The SMILES string of the molecule is C=C(c1cc(-c2ccc(OC)cc2)oc1-c1ccccc1)C(F)(F)F. The molecule has 0 radical (unpaired) electrons. The number of alkyl halides is 3. The van der Waals surface area contributed by atoms with Crippen molar-refractivity contribution in [1.29, 1.82) is 0 Å². The lowest BCUT2D eigenvalue weighted by Gasteiger charge is -2.09. The molecule has 2 aromatic carbocycles. The van der Waals surface area contributed by atoms with Crippen LogP contribution in [0.1, 0.15) is 5.56 Å². The van der Waals surface area contributed by atoms with E-state index in [2.05, 4.69) is 6.58 Å². The van der Waals surface area contributed by atoms with Gasteiger partial charge in [0.25, 0.3) is 0 Å². The maximum absolute atomic E-state index is 13.2. The Kier molecular flexibility index (Phi) is 4.40. The van der Waals surface area contributed by atoms with Crippen LogP contribution in [0.3, 0.4) is 0 Å². The molecule has 25 heavy (non-hydrogen) atoms. The molecule has 0 unspecified atom stereocenters. The number of rotatable bonds is 4. The minimum absolute atomic E-state index is 0.0653. The third kappa shape index (κ3) is 3.45. The first-order valence-corrected chi connectivity index (χ1v) is 7.50. The number of halogens is 3. The molecule has 0 aliphatic rings. The van der Waals surface area contributed by atoms with E-state index in [0.29, 0.717) is 22.6 Å². The second-order valence-corrected chi connectivity index (χ2v) is 5.42. The van der Waals surface area contributed by atoms with Crippen LogP contribution in [0.25, 0.3) is 28.2 Å². The number of allylic oxidation sites excluding steroid dienone is 1. The van der Waals surface area contributed by atoms with E-state index in [1.807, 2.05) is 0 Å². The number of ether oxygens (including phenoxy) is 1. The van der Waals surface area contributed by atoms with Gasteiger partial charge in [0.15, 0.2) is 0 Å². The van der Waals surface area contributed by atoms with Crippen LogP contribution in [0.4, 0.5) is 13.2 Å². The second-order valence-electron chi connectivity index (χ2n) is 5.42. The van der Waals surface area contributed by atoms with Gasteiger partial charge in [0.05, 0.1) is 12.7 Å². The van der Waals surface area contributed by atoms with Gasteiger partial charge < -0.3 is 9.15 Å². The Morgan fingerprint density at radius 3 is 2.16 bits per heavy atom. The van der Waals surface area contributed by atoms with E-state index in [1.165, 1.54) is 6.07 Å². The molecule has 0 aliphatic carbocycles. The summed E-state index contributed by atoms with van der Waals surface area (Å²) in [4.78, 5) is 0. The number of hydrogen-bond acceptors (Lipinski definition) is 2. The lowest BCUT2D eigenvalue weighted by atomic mass is 10.0.